The summed E-state index contributed by atoms with van der Waals surface area (Å²) >= 11 is 0. The fourth-order valence-corrected chi connectivity index (χ4v) is 3.67. The van der Waals surface area contributed by atoms with Crippen molar-refractivity contribution in [2.45, 2.75) is 57.7 Å². The first-order valence-electron chi connectivity index (χ1n) is 11.7. The van der Waals surface area contributed by atoms with E-state index in [4.69, 9.17) is 11.5 Å². The average molecular weight is 503 g/mol. The lowest BCUT2D eigenvalue weighted by Gasteiger charge is -2.22. The van der Waals surface area contributed by atoms with Gasteiger partial charge in [0.15, 0.2) is 0 Å². The van der Waals surface area contributed by atoms with Crippen molar-refractivity contribution in [1.29, 1.82) is 0 Å². The summed E-state index contributed by atoms with van der Waals surface area (Å²) in [5, 5.41) is 17.8. The highest BCUT2D eigenvalue weighted by atomic mass is 16.4. The zero-order valence-corrected chi connectivity index (χ0v) is 20.4. The Morgan fingerprint density at radius 2 is 1.72 bits per heavy atom. The number of para-hydroxylation sites is 1. The van der Waals surface area contributed by atoms with Gasteiger partial charge in [0.25, 0.3) is 0 Å². The fraction of sp³-hybridized carbons (Fsp3) is 0.458. The number of aromatic nitrogens is 1. The number of aromatic amines is 1. The molecule has 1 aromatic heterocycles. The van der Waals surface area contributed by atoms with Gasteiger partial charge < -0.3 is 37.5 Å². The molecule has 9 N–H and O–H groups in total. The van der Waals surface area contributed by atoms with Gasteiger partial charge >= 0.3 is 5.97 Å². The number of aliphatic carboxylic acids is 1. The van der Waals surface area contributed by atoms with E-state index in [1.165, 1.54) is 0 Å². The van der Waals surface area contributed by atoms with E-state index in [-0.39, 0.29) is 31.6 Å². The molecule has 0 bridgehead atoms. The Balaban J connectivity index is 2.12. The topological polar surface area (TPSA) is 210 Å². The van der Waals surface area contributed by atoms with Crippen LogP contribution in [0, 0.1) is 5.92 Å². The standard InChI is InChI=1S/C24H34N6O6/c1-13(2)9-19(24(35)36)30-23(34)18(10-14-11-27-17-6-4-3-5-15(14)17)29-21(32)12-28-22(33)16(25)7-8-20(26)31/h3-6,11,13,16,18-19,27H,7-10,12,25H2,1-2H3,(H2,26,31)(H,28,33)(H,29,32)(H,30,34)(H,35,36). The second-order valence-corrected chi connectivity index (χ2v) is 9.04. The number of carboxylic acids is 1. The van der Waals surface area contributed by atoms with Crippen molar-refractivity contribution in [3.63, 3.8) is 0 Å². The number of nitrogens with one attached hydrogen (secondary N) is 4. The second kappa shape index (κ2) is 13.2. The molecule has 1 heterocycles. The highest BCUT2D eigenvalue weighted by molar-refractivity contribution is 5.93. The molecule has 0 radical (unpaired) electrons. The molecule has 196 valence electrons. The summed E-state index contributed by atoms with van der Waals surface area (Å²) in [5.74, 6) is -3.73. The van der Waals surface area contributed by atoms with E-state index >= 15 is 0 Å². The average Bonchev–Trinajstić information content (AvgIpc) is 3.22. The molecule has 0 aliphatic carbocycles. The number of carboxylic acid groups (broad SMARTS) is 1. The first-order chi connectivity index (χ1) is 17.0. The van der Waals surface area contributed by atoms with Gasteiger partial charge in [-0.2, -0.15) is 0 Å². The van der Waals surface area contributed by atoms with Gasteiger partial charge in [-0.05, 0) is 30.4 Å². The molecule has 0 spiro atoms. The van der Waals surface area contributed by atoms with Gasteiger partial charge in [0.1, 0.15) is 12.1 Å². The normalized spacial score (nSPS) is 13.6. The van der Waals surface area contributed by atoms with Gasteiger partial charge in [0, 0.05) is 29.9 Å². The Labute approximate surface area is 208 Å². The lowest BCUT2D eigenvalue weighted by atomic mass is 10.0. The summed E-state index contributed by atoms with van der Waals surface area (Å²) in [6.07, 6.45) is 1.98. The van der Waals surface area contributed by atoms with Crippen LogP contribution in [0.15, 0.2) is 30.5 Å². The smallest absolute Gasteiger partial charge is 0.326 e. The minimum Gasteiger partial charge on any atom is -0.480 e. The minimum absolute atomic E-state index is 0.0158. The van der Waals surface area contributed by atoms with E-state index in [0.717, 1.165) is 16.5 Å². The molecule has 36 heavy (non-hydrogen) atoms. The van der Waals surface area contributed by atoms with Crippen molar-refractivity contribution >= 4 is 40.5 Å². The second-order valence-electron chi connectivity index (χ2n) is 9.04. The van der Waals surface area contributed by atoms with Crippen LogP contribution in [0.25, 0.3) is 10.9 Å². The summed E-state index contributed by atoms with van der Waals surface area (Å²) in [5.41, 5.74) is 12.3. The molecule has 2 aromatic rings. The van der Waals surface area contributed by atoms with Gasteiger partial charge in [0.2, 0.25) is 23.6 Å². The molecule has 2 rings (SSSR count). The number of primary amides is 1. The maximum atomic E-state index is 13.1. The Kier molecular flexibility index (Phi) is 10.4. The lowest BCUT2D eigenvalue weighted by Crippen LogP contribution is -2.54. The zero-order valence-electron chi connectivity index (χ0n) is 20.4. The largest absolute Gasteiger partial charge is 0.480 e. The molecular formula is C24H34N6O6. The van der Waals surface area contributed by atoms with Crippen molar-refractivity contribution in [3.8, 4) is 0 Å². The number of benzene rings is 1. The predicted molar refractivity (Wildman–Crippen MR) is 132 cm³/mol. The third-order valence-electron chi connectivity index (χ3n) is 5.53. The van der Waals surface area contributed by atoms with Crippen LogP contribution in [0.5, 0.6) is 0 Å². The molecule has 0 saturated heterocycles. The van der Waals surface area contributed by atoms with Gasteiger partial charge in [-0.1, -0.05) is 32.0 Å². The van der Waals surface area contributed by atoms with Gasteiger partial charge in [-0.15, -0.1) is 0 Å². The maximum Gasteiger partial charge on any atom is 0.326 e. The molecule has 12 heteroatoms. The summed E-state index contributed by atoms with van der Waals surface area (Å²) < 4.78 is 0. The van der Waals surface area contributed by atoms with Crippen molar-refractivity contribution in [1.82, 2.24) is 20.9 Å². The van der Waals surface area contributed by atoms with Crippen LogP contribution in [0.3, 0.4) is 0 Å². The summed E-state index contributed by atoms with van der Waals surface area (Å²) in [7, 11) is 0. The number of carbonyl (C=O) groups excluding carboxylic acids is 4. The highest BCUT2D eigenvalue weighted by Gasteiger charge is 2.28. The van der Waals surface area contributed by atoms with Crippen LogP contribution in [-0.4, -0.2) is 64.4 Å². The van der Waals surface area contributed by atoms with Crippen LogP contribution in [0.2, 0.25) is 0 Å². The number of hydrogen-bond donors (Lipinski definition) is 7. The number of hydrogen-bond acceptors (Lipinski definition) is 6. The minimum atomic E-state index is -1.17. The maximum absolute atomic E-state index is 13.1. The van der Waals surface area contributed by atoms with Crippen LogP contribution in [0.4, 0.5) is 0 Å². The Morgan fingerprint density at radius 1 is 1.03 bits per heavy atom. The molecule has 0 saturated carbocycles. The molecular weight excluding hydrogens is 468 g/mol. The van der Waals surface area contributed by atoms with Gasteiger partial charge in [-0.3, -0.25) is 19.2 Å². The van der Waals surface area contributed by atoms with Crippen LogP contribution in [-0.2, 0) is 30.4 Å². The molecule has 0 aliphatic rings. The van der Waals surface area contributed by atoms with E-state index < -0.39 is 54.3 Å². The molecule has 1 aromatic carbocycles. The summed E-state index contributed by atoms with van der Waals surface area (Å²) in [4.78, 5) is 63.4. The van der Waals surface area contributed by atoms with Crippen molar-refractivity contribution in [2.24, 2.45) is 17.4 Å². The summed E-state index contributed by atoms with van der Waals surface area (Å²) in [6, 6.07) is 4.18. The third-order valence-corrected chi connectivity index (χ3v) is 5.53. The van der Waals surface area contributed by atoms with E-state index in [2.05, 4.69) is 20.9 Å². The van der Waals surface area contributed by atoms with E-state index in [9.17, 15) is 29.1 Å². The third kappa shape index (κ3) is 8.69. The monoisotopic (exact) mass is 502 g/mol. The van der Waals surface area contributed by atoms with Crippen molar-refractivity contribution in [2.75, 3.05) is 6.54 Å². The van der Waals surface area contributed by atoms with Gasteiger partial charge in [-0.25, -0.2) is 4.79 Å². The summed E-state index contributed by atoms with van der Waals surface area (Å²) in [6.45, 7) is 3.21. The number of amides is 4. The van der Waals surface area contributed by atoms with Crippen molar-refractivity contribution < 1.29 is 29.1 Å². The molecule has 0 aliphatic heterocycles. The van der Waals surface area contributed by atoms with Crippen LogP contribution < -0.4 is 27.4 Å². The van der Waals surface area contributed by atoms with Crippen molar-refractivity contribution in [3.05, 3.63) is 36.0 Å². The first-order valence-corrected chi connectivity index (χ1v) is 11.7. The fourth-order valence-electron chi connectivity index (χ4n) is 3.67. The number of H-pyrrole nitrogens is 1. The molecule has 3 unspecified atom stereocenters. The quantitative estimate of drug-likeness (QED) is 0.180. The SMILES string of the molecule is CC(C)CC(NC(=O)C(Cc1c[nH]c2ccccc12)NC(=O)CNC(=O)C(N)CCC(N)=O)C(=O)O. The number of nitrogens with two attached hydrogens (primary N) is 2. The van der Waals surface area contributed by atoms with E-state index in [0.29, 0.717) is 0 Å². The number of carbonyl (C=O) groups is 5. The van der Waals surface area contributed by atoms with Crippen LogP contribution >= 0.6 is 0 Å². The molecule has 3 atom stereocenters. The molecule has 4 amide bonds. The van der Waals surface area contributed by atoms with Gasteiger partial charge in [0.05, 0.1) is 12.6 Å². The highest BCUT2D eigenvalue weighted by Crippen LogP contribution is 2.19. The Hall–Kier alpha value is -3.93. The lowest BCUT2D eigenvalue weighted by molar-refractivity contribution is -0.142. The number of fused-ring (bicyclic) bond motifs is 1. The number of rotatable bonds is 14. The Morgan fingerprint density at radius 3 is 2.36 bits per heavy atom. The van der Waals surface area contributed by atoms with Crippen LogP contribution in [0.1, 0.15) is 38.7 Å². The zero-order chi connectivity index (χ0) is 26.8. The first kappa shape index (κ1) is 28.3. The van der Waals surface area contributed by atoms with E-state index in [1.54, 1.807) is 6.20 Å². The molecule has 0 fully saturated rings. The Bertz CT molecular complexity index is 1100. The predicted octanol–water partition coefficient (Wildman–Crippen LogP) is -0.480. The van der Waals surface area contributed by atoms with E-state index in [1.807, 2.05) is 38.1 Å². The molecule has 12 nitrogen and oxygen atoms in total.